The van der Waals surface area contributed by atoms with Crippen molar-refractivity contribution in [1.82, 2.24) is 15.0 Å². The Labute approximate surface area is 235 Å². The summed E-state index contributed by atoms with van der Waals surface area (Å²) < 4.78 is 0. The molecule has 0 aliphatic rings. The van der Waals surface area contributed by atoms with Gasteiger partial charge in [-0.25, -0.2) is 9.78 Å². The van der Waals surface area contributed by atoms with Crippen LogP contribution in [-0.2, 0) is 25.5 Å². The van der Waals surface area contributed by atoms with Crippen LogP contribution in [0.4, 0.5) is 0 Å². The fourth-order valence-corrected chi connectivity index (χ4v) is 4.31. The molecule has 1 radical (unpaired) electrons. The Kier molecular flexibility index (Phi) is 7.96. The number of nitrogens with zero attached hydrogens (tertiary/aromatic N) is 3. The third-order valence-corrected chi connectivity index (χ3v) is 6.27. The molecule has 2 aromatic heterocycles. The first kappa shape index (κ1) is 27.1. The van der Waals surface area contributed by atoms with Crippen molar-refractivity contribution >= 4 is 38.5 Å². The molecule has 6 aromatic rings. The van der Waals surface area contributed by atoms with Gasteiger partial charge in [0.25, 0.3) is 0 Å². The van der Waals surface area contributed by atoms with Gasteiger partial charge in [0.15, 0.2) is 0 Å². The maximum absolute atomic E-state index is 10.1. The van der Waals surface area contributed by atoms with E-state index >= 15 is 0 Å². The first-order valence-electron chi connectivity index (χ1n) is 12.1. The van der Waals surface area contributed by atoms with Crippen LogP contribution in [-0.4, -0.2) is 26.0 Å². The van der Waals surface area contributed by atoms with E-state index in [0.29, 0.717) is 0 Å². The number of carboxylic acid groups (broad SMARTS) is 1. The molecule has 38 heavy (non-hydrogen) atoms. The number of hydrogen-bond acceptors (Lipinski definition) is 4. The minimum absolute atomic E-state index is 0. The van der Waals surface area contributed by atoms with Crippen molar-refractivity contribution in [2.75, 3.05) is 0 Å². The summed E-state index contributed by atoms with van der Waals surface area (Å²) in [5.74, 6) is -0.990. The Hall–Kier alpha value is -3.99. The average molecular weight is 677 g/mol. The predicted octanol–water partition coefficient (Wildman–Crippen LogP) is 7.48. The van der Waals surface area contributed by atoms with E-state index in [0.717, 1.165) is 33.1 Å². The van der Waals surface area contributed by atoms with Crippen molar-refractivity contribution in [2.45, 2.75) is 26.2 Å². The van der Waals surface area contributed by atoms with Gasteiger partial charge in [-0.05, 0) is 28.5 Å². The summed E-state index contributed by atoms with van der Waals surface area (Å²) in [4.78, 5) is 23.6. The maximum atomic E-state index is 10.1. The molecule has 0 aliphatic carbocycles. The predicted molar refractivity (Wildman–Crippen MR) is 149 cm³/mol. The maximum Gasteiger partial charge on any atom is 0.354 e. The number of fused-ring (bicyclic) bond motifs is 6. The number of hydrogen-bond donors (Lipinski definition) is 1. The van der Waals surface area contributed by atoms with Crippen LogP contribution in [0.25, 0.3) is 43.8 Å². The van der Waals surface area contributed by atoms with E-state index in [1.807, 2.05) is 18.3 Å². The fourth-order valence-electron chi connectivity index (χ4n) is 4.31. The van der Waals surface area contributed by atoms with Crippen molar-refractivity contribution < 1.29 is 30.0 Å². The second kappa shape index (κ2) is 11.2. The molecule has 5 nitrogen and oxygen atoms in total. The molecule has 191 valence electrons. The summed E-state index contributed by atoms with van der Waals surface area (Å²) >= 11 is 0. The van der Waals surface area contributed by atoms with E-state index in [-0.39, 0.29) is 31.2 Å². The van der Waals surface area contributed by atoms with Crippen LogP contribution >= 0.6 is 0 Å². The van der Waals surface area contributed by atoms with Gasteiger partial charge < -0.3 is 10.1 Å². The number of pyridine rings is 1. The van der Waals surface area contributed by atoms with Crippen LogP contribution < -0.4 is 0 Å². The molecule has 0 atom stereocenters. The molecule has 0 amide bonds. The van der Waals surface area contributed by atoms with Gasteiger partial charge in [-0.15, -0.1) is 29.7 Å². The third kappa shape index (κ3) is 5.47. The van der Waals surface area contributed by atoms with Crippen LogP contribution in [0.15, 0.2) is 97.3 Å². The smallest absolute Gasteiger partial charge is 0.354 e. The summed E-state index contributed by atoms with van der Waals surface area (Å²) in [5, 5.41) is 12.8. The molecule has 0 spiro atoms. The normalized spacial score (nSPS) is 11.0. The number of benzene rings is 4. The molecule has 4 aromatic carbocycles. The number of aromatic carboxylic acids is 1. The molecule has 0 fully saturated rings. The molecule has 6 heteroatoms. The molecule has 2 heterocycles. The van der Waals surface area contributed by atoms with E-state index < -0.39 is 5.97 Å². The quantitative estimate of drug-likeness (QED) is 0.152. The van der Waals surface area contributed by atoms with Crippen LogP contribution in [0.5, 0.6) is 0 Å². The molecule has 0 bridgehead atoms. The second-order valence-corrected chi connectivity index (χ2v) is 9.80. The summed E-state index contributed by atoms with van der Waals surface area (Å²) in [6.45, 7) is 6.68. The van der Waals surface area contributed by atoms with Gasteiger partial charge in [-0.2, -0.15) is 0 Å². The van der Waals surface area contributed by atoms with E-state index in [4.69, 9.17) is 15.1 Å². The van der Waals surface area contributed by atoms with E-state index in [2.05, 4.69) is 86.4 Å². The molecule has 0 unspecified atom stereocenters. The van der Waals surface area contributed by atoms with Crippen molar-refractivity contribution in [2.24, 2.45) is 0 Å². The van der Waals surface area contributed by atoms with Gasteiger partial charge in [0.2, 0.25) is 0 Å². The van der Waals surface area contributed by atoms with Crippen LogP contribution in [0.1, 0.15) is 36.8 Å². The Morgan fingerprint density at radius 1 is 0.789 bits per heavy atom. The first-order chi connectivity index (χ1) is 17.8. The van der Waals surface area contributed by atoms with E-state index in [1.54, 1.807) is 12.1 Å². The van der Waals surface area contributed by atoms with Crippen LogP contribution in [0, 0.1) is 6.07 Å². The molecular weight excluding hydrogens is 651 g/mol. The van der Waals surface area contributed by atoms with Gasteiger partial charge in [-0.1, -0.05) is 86.1 Å². The summed E-state index contributed by atoms with van der Waals surface area (Å²) in [7, 11) is 0. The van der Waals surface area contributed by atoms with Crippen molar-refractivity contribution in [3.8, 4) is 11.3 Å². The molecule has 0 saturated heterocycles. The van der Waals surface area contributed by atoms with Gasteiger partial charge in [0.1, 0.15) is 5.69 Å². The largest absolute Gasteiger partial charge is 0.477 e. The Morgan fingerprint density at radius 2 is 1.47 bits per heavy atom. The van der Waals surface area contributed by atoms with E-state index in [1.165, 1.54) is 28.6 Å². The zero-order valence-electron chi connectivity index (χ0n) is 21.3. The Bertz CT molecular complexity index is 1690. The summed E-state index contributed by atoms with van der Waals surface area (Å²) in [5.41, 5.74) is 5.36. The number of aromatic nitrogens is 3. The fraction of sp³-hybridized carbons (Fsp3) is 0.125. The molecule has 1 N–H and O–H groups in total. The minimum Gasteiger partial charge on any atom is -0.477 e. The van der Waals surface area contributed by atoms with Crippen LogP contribution in [0.2, 0.25) is 0 Å². The molecule has 0 saturated carbocycles. The zero-order valence-corrected chi connectivity index (χ0v) is 23.7. The van der Waals surface area contributed by atoms with Gasteiger partial charge >= 0.3 is 5.97 Å². The van der Waals surface area contributed by atoms with Gasteiger partial charge in [-0.3, -0.25) is 4.98 Å². The third-order valence-electron chi connectivity index (χ3n) is 6.27. The standard InChI is InChI=1S/C26H21N2.C6H5NO2.Ir/c1-26(2,3)18-14-12-17(13-15-18)23-16-27-24-21-10-6-4-8-19(21)20-9-5-7-11-22(20)25(24)28-23;8-6(9)5-3-1-2-4-7-5;/h4-9,11-16H,1-3H3;1-4H,(H,8,9);/q-1;;. The molecule has 6 rings (SSSR count). The number of carbonyl (C=O) groups is 1. The van der Waals surface area contributed by atoms with Crippen LogP contribution in [0.3, 0.4) is 0 Å². The van der Waals surface area contributed by atoms with Crippen molar-refractivity contribution in [3.63, 3.8) is 0 Å². The van der Waals surface area contributed by atoms with Crippen molar-refractivity contribution in [1.29, 1.82) is 0 Å². The Morgan fingerprint density at radius 3 is 2.11 bits per heavy atom. The van der Waals surface area contributed by atoms with Gasteiger partial charge in [0, 0.05) is 43.6 Å². The van der Waals surface area contributed by atoms with Crippen molar-refractivity contribution in [3.05, 3.63) is 115 Å². The summed E-state index contributed by atoms with van der Waals surface area (Å²) in [6.07, 6.45) is 3.33. The first-order valence-corrected chi connectivity index (χ1v) is 12.1. The minimum atomic E-state index is -0.990. The zero-order chi connectivity index (χ0) is 26.0. The van der Waals surface area contributed by atoms with E-state index in [9.17, 15) is 4.79 Å². The topological polar surface area (TPSA) is 76.0 Å². The SMILES string of the molecule is CC(C)(C)c1ccc(-c2cnc3c4[c-]cccc4c4ccccc4c3n2)cc1.O=C(O)c1ccccn1.[Ir]. The summed E-state index contributed by atoms with van der Waals surface area (Å²) in [6, 6.07) is 31.3. The van der Waals surface area contributed by atoms with Gasteiger partial charge in [0.05, 0.1) is 11.2 Å². The monoisotopic (exact) mass is 677 g/mol. The second-order valence-electron chi connectivity index (χ2n) is 9.80. The average Bonchev–Trinajstić information content (AvgIpc) is 2.93. The number of rotatable bonds is 2. The molecule has 0 aliphatic heterocycles. The molecular formula is C32H26IrN3O2-. The number of carboxylic acids is 1. The Balaban J connectivity index is 0.000000288.